The van der Waals surface area contributed by atoms with Gasteiger partial charge in [0.15, 0.2) is 0 Å². The molecule has 4 nitrogen and oxygen atoms in total. The quantitative estimate of drug-likeness (QED) is 0.152. The van der Waals surface area contributed by atoms with E-state index >= 15 is 0 Å². The van der Waals surface area contributed by atoms with Crippen LogP contribution in [-0.2, 0) is 0 Å². The summed E-state index contributed by atoms with van der Waals surface area (Å²) in [4.78, 5) is 0. The molecule has 0 radical (unpaired) electrons. The molecule has 0 spiro atoms. The van der Waals surface area contributed by atoms with Crippen LogP contribution in [0.4, 0.5) is 0 Å². The van der Waals surface area contributed by atoms with Gasteiger partial charge < -0.3 is 18.3 Å². The van der Waals surface area contributed by atoms with E-state index in [9.17, 15) is 0 Å². The molecule has 0 fully saturated rings. The molecule has 4 heteroatoms. The van der Waals surface area contributed by atoms with Crippen LogP contribution in [0, 0.1) is 0 Å². The lowest BCUT2D eigenvalue weighted by Crippen LogP contribution is -1.97. The molecule has 0 amide bonds. The third kappa shape index (κ3) is 7.72. The van der Waals surface area contributed by atoms with Gasteiger partial charge in [0.2, 0.25) is 0 Å². The van der Waals surface area contributed by atoms with Crippen molar-refractivity contribution >= 4 is 141 Å². The van der Waals surface area contributed by atoms with Gasteiger partial charge in [-0.3, -0.25) is 0 Å². The molecule has 0 N–H and O–H groups in total. The summed E-state index contributed by atoms with van der Waals surface area (Å²) in [7, 11) is 0. The molecule has 0 saturated carbocycles. The predicted molar refractivity (Wildman–Crippen MR) is 408 cm³/mol. The maximum absolute atomic E-state index is 2.55. The molecule has 17 aromatic carbocycles. The molecule has 0 saturated heterocycles. The molecular formula is C92H56N4. The average molecular weight is 1220 g/mol. The fourth-order valence-electron chi connectivity index (χ4n) is 16.6. The molecule has 0 aliphatic heterocycles. The van der Waals surface area contributed by atoms with Gasteiger partial charge >= 0.3 is 0 Å². The van der Waals surface area contributed by atoms with Gasteiger partial charge in [-0.1, -0.05) is 224 Å². The van der Waals surface area contributed by atoms with E-state index in [1.165, 1.54) is 174 Å². The Kier molecular flexibility index (Phi) is 11.2. The van der Waals surface area contributed by atoms with E-state index in [2.05, 4.69) is 358 Å². The summed E-state index contributed by atoms with van der Waals surface area (Å²) in [6, 6.07) is 127. The number of hydrogen-bond donors (Lipinski definition) is 0. The minimum atomic E-state index is 1.13. The number of nitrogens with zero attached hydrogens (tertiary/aromatic N) is 4. The van der Waals surface area contributed by atoms with E-state index in [-0.39, 0.29) is 0 Å². The molecule has 0 bridgehead atoms. The van der Waals surface area contributed by atoms with Crippen LogP contribution in [0.2, 0.25) is 0 Å². The standard InChI is InChI=1S/C92H56N4/c1-2-25-68(26-3-1)93-82-33-15-12-29-75(82)78-56-67(42-47-85(78)93)89-73-28-11-9-24-64(73)54-81-90-74(32-18-36-87(90)96(92(81)89)71-45-40-58-20-5-7-22-60(58)51-71)65-38-37-62-52-69(46-41-61(62)49-65)94-83-34-16-13-30-76(83)79-55-66(43-48-86(79)94)88-72-27-10-8-23-63(72)53-80-77-31-14-17-35-84(77)95(91(80)88)70-44-39-57-19-4-6-21-59(57)50-70/h1-56H. The molecule has 4 aromatic heterocycles. The highest BCUT2D eigenvalue weighted by atomic mass is 15.0. The maximum Gasteiger partial charge on any atom is 0.0626 e. The third-order valence-corrected chi connectivity index (χ3v) is 20.8. The normalized spacial score (nSPS) is 12.2. The average Bonchev–Trinajstić information content (AvgIpc) is 1.54. The molecular weight excluding hydrogens is 1160 g/mol. The zero-order valence-corrected chi connectivity index (χ0v) is 52.1. The number of benzene rings is 17. The smallest absolute Gasteiger partial charge is 0.0626 e. The zero-order valence-electron chi connectivity index (χ0n) is 52.1. The summed E-state index contributed by atoms with van der Waals surface area (Å²) in [5, 5.41) is 22.0. The second-order valence-electron chi connectivity index (χ2n) is 25.9. The summed E-state index contributed by atoms with van der Waals surface area (Å²) in [6.45, 7) is 0. The zero-order chi connectivity index (χ0) is 62.7. The Labute approximate surface area is 551 Å². The van der Waals surface area contributed by atoms with Crippen LogP contribution in [0.5, 0.6) is 0 Å². The Morgan fingerprint density at radius 1 is 0.167 bits per heavy atom. The van der Waals surface area contributed by atoms with E-state index in [0.717, 1.165) is 22.7 Å². The Morgan fingerprint density at radius 2 is 0.542 bits per heavy atom. The summed E-state index contributed by atoms with van der Waals surface area (Å²) < 4.78 is 9.93. The molecule has 21 aromatic rings. The predicted octanol–water partition coefficient (Wildman–Crippen LogP) is 24.8. The van der Waals surface area contributed by atoms with E-state index in [0.29, 0.717) is 0 Å². The summed E-state index contributed by atoms with van der Waals surface area (Å²) >= 11 is 0. The second-order valence-corrected chi connectivity index (χ2v) is 25.9. The number of aromatic nitrogens is 4. The summed E-state index contributed by atoms with van der Waals surface area (Å²) in [5.41, 5.74) is 21.2. The maximum atomic E-state index is 2.55. The van der Waals surface area contributed by atoms with Crippen molar-refractivity contribution < 1.29 is 0 Å². The number of rotatable bonds is 7. The fourth-order valence-corrected chi connectivity index (χ4v) is 16.6. The van der Waals surface area contributed by atoms with Crippen molar-refractivity contribution in [1.82, 2.24) is 18.3 Å². The number of fused-ring (bicyclic) bond motifs is 17. The van der Waals surface area contributed by atoms with E-state index in [4.69, 9.17) is 0 Å². The highest BCUT2D eigenvalue weighted by Gasteiger charge is 2.26. The van der Waals surface area contributed by atoms with Crippen LogP contribution in [0.3, 0.4) is 0 Å². The van der Waals surface area contributed by atoms with Gasteiger partial charge in [0.1, 0.15) is 0 Å². The van der Waals surface area contributed by atoms with Crippen molar-refractivity contribution in [1.29, 1.82) is 0 Å². The lowest BCUT2D eigenvalue weighted by Gasteiger charge is -2.15. The van der Waals surface area contributed by atoms with Crippen molar-refractivity contribution in [3.05, 3.63) is 340 Å². The number of para-hydroxylation sites is 4. The molecule has 0 aliphatic carbocycles. The summed E-state index contributed by atoms with van der Waals surface area (Å²) in [5.74, 6) is 0. The molecule has 0 aliphatic rings. The molecule has 444 valence electrons. The molecule has 96 heavy (non-hydrogen) atoms. The van der Waals surface area contributed by atoms with Crippen molar-refractivity contribution in [2.75, 3.05) is 0 Å². The first-order valence-corrected chi connectivity index (χ1v) is 33.2. The van der Waals surface area contributed by atoms with E-state index in [1.807, 2.05) is 0 Å². The second kappa shape index (κ2) is 20.4. The highest BCUT2D eigenvalue weighted by Crippen LogP contribution is 2.49. The largest absolute Gasteiger partial charge is 0.309 e. The Morgan fingerprint density at radius 3 is 1.12 bits per heavy atom. The first-order chi connectivity index (χ1) is 47.6. The monoisotopic (exact) mass is 1220 g/mol. The van der Waals surface area contributed by atoms with E-state index in [1.54, 1.807) is 0 Å². The topological polar surface area (TPSA) is 19.7 Å². The molecule has 0 unspecified atom stereocenters. The van der Waals surface area contributed by atoms with Crippen LogP contribution in [-0.4, -0.2) is 18.3 Å². The van der Waals surface area contributed by atoms with Gasteiger partial charge in [-0.15, -0.1) is 0 Å². The van der Waals surface area contributed by atoms with Crippen molar-refractivity contribution in [3.63, 3.8) is 0 Å². The summed E-state index contributed by atoms with van der Waals surface area (Å²) in [6.07, 6.45) is 0. The van der Waals surface area contributed by atoms with Crippen molar-refractivity contribution in [2.24, 2.45) is 0 Å². The Balaban J connectivity index is 0.740. The Hall–Kier alpha value is -12.8. The van der Waals surface area contributed by atoms with Gasteiger partial charge in [-0.25, -0.2) is 0 Å². The van der Waals surface area contributed by atoms with Crippen LogP contribution < -0.4 is 0 Å². The van der Waals surface area contributed by atoms with Crippen molar-refractivity contribution in [2.45, 2.75) is 0 Å². The SMILES string of the molecule is c1ccc(-n2c3ccccc3c3cc(-c4c5ccccc5cc5c6c(-c7ccc8cc(-n9c%10ccccc%10c%10cc(-c%11c%12ccccc%12cc%12c%13ccccc%13n(-c%13ccc%14ccccc%14c%13)c%11%12)ccc%109)ccc8c7)cccc6n(-c6ccc7ccccc7c6)c45)ccc32)cc1. The van der Waals surface area contributed by atoms with Crippen LogP contribution in [0.25, 0.3) is 197 Å². The lowest BCUT2D eigenvalue weighted by molar-refractivity contribution is 1.18. The number of hydrogen-bond acceptors (Lipinski definition) is 0. The minimum Gasteiger partial charge on any atom is -0.309 e. The Bertz CT molecular complexity index is 6890. The third-order valence-electron chi connectivity index (χ3n) is 20.8. The van der Waals surface area contributed by atoms with Crippen LogP contribution >= 0.6 is 0 Å². The minimum absolute atomic E-state index is 1.13. The van der Waals surface area contributed by atoms with Gasteiger partial charge in [0, 0.05) is 77.0 Å². The van der Waals surface area contributed by atoms with Gasteiger partial charge in [0.05, 0.1) is 44.1 Å². The first kappa shape index (κ1) is 52.8. The van der Waals surface area contributed by atoms with Gasteiger partial charge in [0.25, 0.3) is 0 Å². The van der Waals surface area contributed by atoms with Crippen LogP contribution in [0.15, 0.2) is 340 Å². The molecule has 4 heterocycles. The fraction of sp³-hybridized carbons (Fsp3) is 0. The van der Waals surface area contributed by atoms with Crippen LogP contribution in [0.1, 0.15) is 0 Å². The first-order valence-electron chi connectivity index (χ1n) is 33.2. The van der Waals surface area contributed by atoms with Crippen molar-refractivity contribution in [3.8, 4) is 56.1 Å². The highest BCUT2D eigenvalue weighted by molar-refractivity contribution is 6.26. The lowest BCUT2D eigenvalue weighted by atomic mass is 9.92. The van der Waals surface area contributed by atoms with E-state index < -0.39 is 0 Å². The molecule has 0 atom stereocenters. The van der Waals surface area contributed by atoms with Gasteiger partial charge in [-0.2, -0.15) is 0 Å². The molecule has 21 rings (SSSR count). The van der Waals surface area contributed by atoms with Gasteiger partial charge in [-0.05, 0) is 191 Å².